The Bertz CT molecular complexity index is 541. The molecule has 0 radical (unpaired) electrons. The van der Waals surface area contributed by atoms with Crippen LogP contribution in [0.5, 0.6) is 0 Å². The van der Waals surface area contributed by atoms with Crippen LogP contribution >= 0.6 is 11.6 Å². The van der Waals surface area contributed by atoms with Crippen LogP contribution in [0.2, 0.25) is 5.28 Å². The highest BCUT2D eigenvalue weighted by molar-refractivity contribution is 6.28. The lowest BCUT2D eigenvalue weighted by Crippen LogP contribution is -2.55. The molecule has 120 valence electrons. The molecule has 1 atom stereocenters. The third kappa shape index (κ3) is 2.74. The van der Waals surface area contributed by atoms with E-state index in [9.17, 15) is 0 Å². The minimum absolute atomic E-state index is 0.0997. The summed E-state index contributed by atoms with van der Waals surface area (Å²) in [5, 5.41) is 0.285. The fourth-order valence-electron chi connectivity index (χ4n) is 3.26. The third-order valence-corrected chi connectivity index (χ3v) is 4.50. The first-order chi connectivity index (χ1) is 10.8. The van der Waals surface area contributed by atoms with Gasteiger partial charge < -0.3 is 24.0 Å². The molecule has 0 aromatic carbocycles. The van der Waals surface area contributed by atoms with Gasteiger partial charge in [-0.2, -0.15) is 4.98 Å². The minimum Gasteiger partial charge on any atom is -0.377 e. The van der Waals surface area contributed by atoms with Crippen LogP contribution in [0.15, 0.2) is 6.20 Å². The average molecular weight is 327 g/mol. The summed E-state index contributed by atoms with van der Waals surface area (Å²) in [7, 11) is 0. The van der Waals surface area contributed by atoms with Crippen molar-refractivity contribution in [2.75, 3.05) is 55.9 Å². The molecule has 0 bridgehead atoms. The first-order valence-electron chi connectivity index (χ1n) is 7.66. The number of rotatable bonds is 3. The zero-order chi connectivity index (χ0) is 14.9. The Morgan fingerprint density at radius 2 is 2.14 bits per heavy atom. The van der Waals surface area contributed by atoms with Gasteiger partial charge in [0.25, 0.3) is 0 Å². The van der Waals surface area contributed by atoms with Crippen molar-refractivity contribution in [1.82, 2.24) is 9.97 Å². The Morgan fingerprint density at radius 1 is 1.27 bits per heavy atom. The van der Waals surface area contributed by atoms with E-state index in [0.29, 0.717) is 25.9 Å². The molecule has 0 saturated carbocycles. The second kappa shape index (κ2) is 6.16. The largest absolute Gasteiger partial charge is 0.377 e. The molecule has 1 aromatic rings. The quantitative estimate of drug-likeness (QED) is 0.765. The van der Waals surface area contributed by atoms with Crippen LogP contribution in [0.4, 0.5) is 11.5 Å². The van der Waals surface area contributed by atoms with E-state index in [0.717, 1.165) is 44.2 Å². The van der Waals surface area contributed by atoms with Crippen molar-refractivity contribution in [3.63, 3.8) is 0 Å². The molecular formula is C14H19ClN4O3. The number of halogens is 1. The van der Waals surface area contributed by atoms with Gasteiger partial charge in [0, 0.05) is 26.1 Å². The lowest BCUT2D eigenvalue weighted by Gasteiger charge is -2.45. The molecular weight excluding hydrogens is 308 g/mol. The highest BCUT2D eigenvalue weighted by Gasteiger charge is 2.34. The van der Waals surface area contributed by atoms with Crippen LogP contribution in [0.3, 0.4) is 0 Å². The van der Waals surface area contributed by atoms with Gasteiger partial charge in [-0.1, -0.05) is 0 Å². The number of aromatic nitrogens is 2. The molecule has 22 heavy (non-hydrogen) atoms. The fourth-order valence-corrected chi connectivity index (χ4v) is 3.39. The number of nitrogens with zero attached hydrogens (tertiary/aromatic N) is 4. The maximum Gasteiger partial charge on any atom is 0.224 e. The summed E-state index contributed by atoms with van der Waals surface area (Å²) < 4.78 is 16.7. The maximum absolute atomic E-state index is 6.00. The smallest absolute Gasteiger partial charge is 0.224 e. The van der Waals surface area contributed by atoms with Crippen LogP contribution in [0.25, 0.3) is 0 Å². The van der Waals surface area contributed by atoms with Crippen LogP contribution in [0.1, 0.15) is 6.42 Å². The topological polar surface area (TPSA) is 60.0 Å². The van der Waals surface area contributed by atoms with Crippen molar-refractivity contribution in [3.05, 3.63) is 11.5 Å². The maximum atomic E-state index is 6.00. The van der Waals surface area contributed by atoms with E-state index in [-0.39, 0.29) is 11.6 Å². The first-order valence-corrected chi connectivity index (χ1v) is 8.04. The van der Waals surface area contributed by atoms with Crippen LogP contribution < -0.4 is 9.80 Å². The van der Waals surface area contributed by atoms with Gasteiger partial charge in [-0.3, -0.25) is 0 Å². The van der Waals surface area contributed by atoms with Crippen LogP contribution in [-0.2, 0) is 14.2 Å². The third-order valence-electron chi connectivity index (χ3n) is 4.32. The predicted molar refractivity (Wildman–Crippen MR) is 81.5 cm³/mol. The Morgan fingerprint density at radius 3 is 3.00 bits per heavy atom. The monoisotopic (exact) mass is 326 g/mol. The standard InChI is InChI=1S/C14H19ClN4O3/c15-14-16-7-11-13(17-14)19-3-4-20-9-10(19)8-18(11)2-1-12-21-5-6-22-12/h7,10,12H,1-6,8-9H2. The molecule has 8 heteroatoms. The molecule has 0 aliphatic carbocycles. The lowest BCUT2D eigenvalue weighted by molar-refractivity contribution is -0.0450. The molecule has 3 aliphatic rings. The summed E-state index contributed by atoms with van der Waals surface area (Å²) in [5.41, 5.74) is 1.03. The summed E-state index contributed by atoms with van der Waals surface area (Å²) >= 11 is 6.00. The highest BCUT2D eigenvalue weighted by Crippen LogP contribution is 2.35. The summed E-state index contributed by atoms with van der Waals surface area (Å²) in [6, 6.07) is 0.303. The number of anilines is 2. The van der Waals surface area contributed by atoms with Gasteiger partial charge in [-0.25, -0.2) is 4.98 Å². The van der Waals surface area contributed by atoms with Gasteiger partial charge >= 0.3 is 0 Å². The Balaban J connectivity index is 1.56. The predicted octanol–water partition coefficient (Wildman–Crippen LogP) is 0.918. The van der Waals surface area contributed by atoms with Gasteiger partial charge in [-0.15, -0.1) is 0 Å². The SMILES string of the molecule is Clc1ncc2c(n1)N1CCOCC1CN2CCC1OCCO1. The van der Waals surface area contributed by atoms with E-state index in [2.05, 4.69) is 19.8 Å². The lowest BCUT2D eigenvalue weighted by atomic mass is 10.1. The van der Waals surface area contributed by atoms with E-state index in [1.807, 2.05) is 6.20 Å². The second-order valence-electron chi connectivity index (χ2n) is 5.68. The molecule has 2 saturated heterocycles. The van der Waals surface area contributed by atoms with Crippen molar-refractivity contribution < 1.29 is 14.2 Å². The Labute approximate surface area is 134 Å². The Kier molecular flexibility index (Phi) is 4.04. The molecule has 0 amide bonds. The molecule has 2 fully saturated rings. The summed E-state index contributed by atoms with van der Waals surface area (Å²) in [6.07, 6.45) is 2.54. The first kappa shape index (κ1) is 14.4. The normalized spacial score (nSPS) is 25.2. The van der Waals surface area contributed by atoms with E-state index >= 15 is 0 Å². The number of ether oxygens (including phenoxy) is 3. The Hall–Kier alpha value is -1.15. The summed E-state index contributed by atoms with van der Waals surface area (Å²) in [5.74, 6) is 0.910. The molecule has 4 rings (SSSR count). The van der Waals surface area contributed by atoms with Gasteiger partial charge in [-0.05, 0) is 11.6 Å². The number of morpholine rings is 1. The molecule has 1 unspecified atom stereocenters. The van der Waals surface area contributed by atoms with Crippen molar-refractivity contribution in [2.24, 2.45) is 0 Å². The average Bonchev–Trinajstić information content (AvgIpc) is 3.06. The molecule has 7 nitrogen and oxygen atoms in total. The van der Waals surface area contributed by atoms with E-state index in [1.165, 1.54) is 0 Å². The van der Waals surface area contributed by atoms with Crippen molar-refractivity contribution >= 4 is 23.1 Å². The zero-order valence-corrected chi connectivity index (χ0v) is 13.0. The fraction of sp³-hybridized carbons (Fsp3) is 0.714. The second-order valence-corrected chi connectivity index (χ2v) is 6.01. The zero-order valence-electron chi connectivity index (χ0n) is 12.3. The van der Waals surface area contributed by atoms with Crippen LogP contribution in [-0.4, -0.2) is 68.4 Å². The van der Waals surface area contributed by atoms with E-state index in [4.69, 9.17) is 25.8 Å². The molecule has 1 aromatic heterocycles. The van der Waals surface area contributed by atoms with Crippen LogP contribution in [0, 0.1) is 0 Å². The highest BCUT2D eigenvalue weighted by atomic mass is 35.5. The van der Waals surface area contributed by atoms with Gasteiger partial charge in [0.05, 0.1) is 44.4 Å². The number of hydrogen-bond acceptors (Lipinski definition) is 7. The molecule has 0 spiro atoms. The van der Waals surface area contributed by atoms with Crippen molar-refractivity contribution in [1.29, 1.82) is 0 Å². The summed E-state index contributed by atoms with van der Waals surface area (Å²) in [6.45, 7) is 5.38. The number of hydrogen-bond donors (Lipinski definition) is 0. The van der Waals surface area contributed by atoms with E-state index in [1.54, 1.807) is 0 Å². The van der Waals surface area contributed by atoms with Gasteiger partial charge in [0.1, 0.15) is 0 Å². The molecule has 0 N–H and O–H groups in total. The number of fused-ring (bicyclic) bond motifs is 3. The van der Waals surface area contributed by atoms with Crippen molar-refractivity contribution in [3.8, 4) is 0 Å². The minimum atomic E-state index is -0.0997. The summed E-state index contributed by atoms with van der Waals surface area (Å²) in [4.78, 5) is 13.2. The van der Waals surface area contributed by atoms with Gasteiger partial charge in [0.2, 0.25) is 5.28 Å². The van der Waals surface area contributed by atoms with E-state index < -0.39 is 0 Å². The molecule has 3 aliphatic heterocycles. The molecule has 4 heterocycles. The van der Waals surface area contributed by atoms with Crippen molar-refractivity contribution in [2.45, 2.75) is 18.8 Å². The van der Waals surface area contributed by atoms with Gasteiger partial charge in [0.15, 0.2) is 12.1 Å².